The maximum atomic E-state index is 12.7. The van der Waals surface area contributed by atoms with E-state index < -0.39 is 15.8 Å². The number of benzene rings is 1. The predicted octanol–water partition coefficient (Wildman–Crippen LogP) is 1.68. The summed E-state index contributed by atoms with van der Waals surface area (Å²) in [6, 6.07) is 4.45. The lowest BCUT2D eigenvalue weighted by Crippen LogP contribution is -2.42. The van der Waals surface area contributed by atoms with Gasteiger partial charge in [-0.15, -0.1) is 0 Å². The van der Waals surface area contributed by atoms with E-state index in [2.05, 4.69) is 4.98 Å². The average molecular weight is 296 g/mol. The van der Waals surface area contributed by atoms with Crippen LogP contribution in [0.15, 0.2) is 32.3 Å². The van der Waals surface area contributed by atoms with E-state index in [1.807, 2.05) is 13.8 Å². The molecule has 0 amide bonds. The number of aromatic nitrogens is 1. The van der Waals surface area contributed by atoms with Gasteiger partial charge in [0.2, 0.25) is 10.0 Å². The molecule has 2 heterocycles. The topological polar surface area (TPSA) is 83.4 Å². The Morgan fingerprint density at radius 3 is 2.75 bits per heavy atom. The Labute approximate surface area is 116 Å². The summed E-state index contributed by atoms with van der Waals surface area (Å²) < 4.78 is 31.8. The molecule has 7 heteroatoms. The fourth-order valence-corrected chi connectivity index (χ4v) is 4.60. The van der Waals surface area contributed by atoms with Crippen LogP contribution in [0.4, 0.5) is 0 Å². The first-order valence-corrected chi connectivity index (χ1v) is 7.90. The van der Waals surface area contributed by atoms with Crippen LogP contribution in [0.1, 0.15) is 26.7 Å². The Kier molecular flexibility index (Phi) is 2.81. The van der Waals surface area contributed by atoms with Crippen LogP contribution in [0.25, 0.3) is 11.1 Å². The molecule has 20 heavy (non-hydrogen) atoms. The second kappa shape index (κ2) is 4.20. The van der Waals surface area contributed by atoms with Gasteiger partial charge in [-0.2, -0.15) is 4.31 Å². The van der Waals surface area contributed by atoms with Crippen LogP contribution < -0.4 is 5.76 Å². The fraction of sp³-hybridized carbons (Fsp3) is 0.462. The lowest BCUT2D eigenvalue weighted by molar-refractivity contribution is 0.291. The van der Waals surface area contributed by atoms with Crippen molar-refractivity contribution >= 4 is 21.1 Å². The first-order chi connectivity index (χ1) is 9.30. The smallest absolute Gasteiger partial charge is 0.408 e. The zero-order chi connectivity index (χ0) is 14.5. The summed E-state index contributed by atoms with van der Waals surface area (Å²) in [7, 11) is -3.57. The van der Waals surface area contributed by atoms with Crippen molar-refractivity contribution in [3.8, 4) is 0 Å². The third kappa shape index (κ3) is 1.97. The minimum atomic E-state index is -3.57. The van der Waals surface area contributed by atoms with Crippen LogP contribution in [0.5, 0.6) is 0 Å². The molecule has 0 radical (unpaired) electrons. The molecule has 0 bridgehead atoms. The highest BCUT2D eigenvalue weighted by Gasteiger charge is 2.40. The maximum Gasteiger partial charge on any atom is 0.417 e. The maximum absolute atomic E-state index is 12.7. The molecule has 1 saturated heterocycles. The van der Waals surface area contributed by atoms with Gasteiger partial charge in [0.15, 0.2) is 5.58 Å². The number of fused-ring (bicyclic) bond motifs is 1. The Bertz CT molecular complexity index is 816. The molecule has 0 aliphatic carbocycles. The summed E-state index contributed by atoms with van der Waals surface area (Å²) in [5.41, 5.74) is 0.370. The van der Waals surface area contributed by atoms with E-state index in [-0.39, 0.29) is 16.0 Å². The molecule has 1 aliphatic rings. The molecule has 1 aliphatic heterocycles. The highest BCUT2D eigenvalue weighted by atomic mass is 32.2. The summed E-state index contributed by atoms with van der Waals surface area (Å²) in [6.07, 6.45) is 1.70. The number of oxazole rings is 1. The Morgan fingerprint density at radius 2 is 2.10 bits per heavy atom. The van der Waals surface area contributed by atoms with Crippen LogP contribution in [0.2, 0.25) is 0 Å². The number of rotatable bonds is 2. The minimum Gasteiger partial charge on any atom is -0.408 e. The van der Waals surface area contributed by atoms with Gasteiger partial charge >= 0.3 is 5.76 Å². The van der Waals surface area contributed by atoms with E-state index in [1.54, 1.807) is 6.07 Å². The number of hydrogen-bond donors (Lipinski definition) is 1. The molecule has 2 aromatic rings. The van der Waals surface area contributed by atoms with Gasteiger partial charge in [-0.25, -0.2) is 13.2 Å². The first-order valence-electron chi connectivity index (χ1n) is 6.46. The van der Waals surface area contributed by atoms with Crippen LogP contribution >= 0.6 is 0 Å². The van der Waals surface area contributed by atoms with E-state index in [0.29, 0.717) is 12.1 Å². The van der Waals surface area contributed by atoms with Crippen molar-refractivity contribution in [1.82, 2.24) is 9.29 Å². The van der Waals surface area contributed by atoms with E-state index in [4.69, 9.17) is 4.42 Å². The quantitative estimate of drug-likeness (QED) is 0.914. The first kappa shape index (κ1) is 13.4. The van der Waals surface area contributed by atoms with Gasteiger partial charge < -0.3 is 4.42 Å². The van der Waals surface area contributed by atoms with Crippen LogP contribution in [0.3, 0.4) is 0 Å². The molecule has 1 N–H and O–H groups in total. The lowest BCUT2D eigenvalue weighted by atomic mass is 10.0. The predicted molar refractivity (Wildman–Crippen MR) is 74.0 cm³/mol. The largest absolute Gasteiger partial charge is 0.417 e. The Balaban J connectivity index is 2.11. The van der Waals surface area contributed by atoms with Crippen LogP contribution in [-0.4, -0.2) is 29.8 Å². The van der Waals surface area contributed by atoms with Gasteiger partial charge in [0.05, 0.1) is 10.4 Å². The standard InChI is InChI=1S/C13H16N2O4S/c1-13(2)6-3-7-15(13)20(17,18)9-4-5-10-11(8-9)19-12(16)14-10/h4-5,8H,3,6-7H2,1-2H3,(H,14,16). The Hall–Kier alpha value is -1.60. The van der Waals surface area contributed by atoms with Crippen molar-refractivity contribution in [2.75, 3.05) is 6.54 Å². The summed E-state index contributed by atoms with van der Waals surface area (Å²) >= 11 is 0. The van der Waals surface area contributed by atoms with Gasteiger partial charge in [0.1, 0.15) is 0 Å². The average Bonchev–Trinajstić information content (AvgIpc) is 2.89. The van der Waals surface area contributed by atoms with E-state index in [1.165, 1.54) is 16.4 Å². The zero-order valence-corrected chi connectivity index (χ0v) is 12.2. The monoisotopic (exact) mass is 296 g/mol. The van der Waals surface area contributed by atoms with Gasteiger partial charge in [-0.3, -0.25) is 4.98 Å². The van der Waals surface area contributed by atoms with Crippen LogP contribution in [-0.2, 0) is 10.0 Å². The summed E-state index contributed by atoms with van der Waals surface area (Å²) in [4.78, 5) is 13.8. The second-order valence-electron chi connectivity index (χ2n) is 5.67. The molecule has 0 atom stereocenters. The van der Waals surface area contributed by atoms with Gasteiger partial charge in [-0.05, 0) is 38.8 Å². The van der Waals surface area contributed by atoms with E-state index in [0.717, 1.165) is 12.8 Å². The molecule has 108 valence electrons. The molecule has 6 nitrogen and oxygen atoms in total. The number of sulfonamides is 1. The van der Waals surface area contributed by atoms with Crippen molar-refractivity contribution < 1.29 is 12.8 Å². The highest BCUT2D eigenvalue weighted by Crippen LogP contribution is 2.34. The van der Waals surface area contributed by atoms with Gasteiger partial charge in [-0.1, -0.05) is 0 Å². The third-order valence-corrected chi connectivity index (χ3v) is 5.91. The normalized spacial score (nSPS) is 19.7. The SMILES string of the molecule is CC1(C)CCCN1S(=O)(=O)c1ccc2[nH]c(=O)oc2c1. The minimum absolute atomic E-state index is 0.155. The number of nitrogens with zero attached hydrogens (tertiary/aromatic N) is 1. The third-order valence-electron chi connectivity index (χ3n) is 3.81. The number of nitrogens with one attached hydrogen (secondary N) is 1. The summed E-state index contributed by atoms with van der Waals surface area (Å²) in [5, 5.41) is 0. The van der Waals surface area contributed by atoms with Gasteiger partial charge in [0, 0.05) is 18.2 Å². The van der Waals surface area contributed by atoms with Crippen LogP contribution in [0, 0.1) is 0 Å². The van der Waals surface area contributed by atoms with Gasteiger partial charge in [0.25, 0.3) is 0 Å². The lowest BCUT2D eigenvalue weighted by Gasteiger charge is -2.30. The number of aromatic amines is 1. The van der Waals surface area contributed by atoms with Crippen molar-refractivity contribution in [2.45, 2.75) is 37.1 Å². The molecule has 1 fully saturated rings. The summed E-state index contributed by atoms with van der Waals surface area (Å²) in [5.74, 6) is -0.587. The molecule has 1 aromatic carbocycles. The summed E-state index contributed by atoms with van der Waals surface area (Å²) in [6.45, 7) is 4.36. The molecule has 1 aromatic heterocycles. The molecule has 3 rings (SSSR count). The van der Waals surface area contributed by atoms with Crippen molar-refractivity contribution in [3.63, 3.8) is 0 Å². The number of H-pyrrole nitrogens is 1. The molecule has 0 saturated carbocycles. The second-order valence-corrected chi connectivity index (χ2v) is 7.53. The molecular formula is C13H16N2O4S. The number of hydrogen-bond acceptors (Lipinski definition) is 4. The fourth-order valence-electron chi connectivity index (χ4n) is 2.74. The molecule has 0 unspecified atom stereocenters. The van der Waals surface area contributed by atoms with Crippen molar-refractivity contribution in [1.29, 1.82) is 0 Å². The van der Waals surface area contributed by atoms with E-state index in [9.17, 15) is 13.2 Å². The highest BCUT2D eigenvalue weighted by molar-refractivity contribution is 7.89. The van der Waals surface area contributed by atoms with Crippen molar-refractivity contribution in [3.05, 3.63) is 28.7 Å². The zero-order valence-electron chi connectivity index (χ0n) is 11.3. The van der Waals surface area contributed by atoms with Crippen molar-refractivity contribution in [2.24, 2.45) is 0 Å². The van der Waals surface area contributed by atoms with E-state index >= 15 is 0 Å². The molecule has 0 spiro atoms. The molecular weight excluding hydrogens is 280 g/mol. The Morgan fingerprint density at radius 1 is 1.35 bits per heavy atom.